The molecule has 1 aromatic rings. The molecule has 0 atom stereocenters. The van der Waals surface area contributed by atoms with Crippen LogP contribution in [0.4, 0.5) is 11.5 Å². The Labute approximate surface area is 114 Å². The van der Waals surface area contributed by atoms with Gasteiger partial charge in [0.2, 0.25) is 0 Å². The Morgan fingerprint density at radius 3 is 2.63 bits per heavy atom. The average molecular weight is 262 g/mol. The zero-order valence-electron chi connectivity index (χ0n) is 11.6. The number of primary amides is 1. The molecule has 0 spiro atoms. The Morgan fingerprint density at radius 1 is 1.47 bits per heavy atom. The molecule has 0 bridgehead atoms. The summed E-state index contributed by atoms with van der Waals surface area (Å²) < 4.78 is 0. The van der Waals surface area contributed by atoms with E-state index in [1.807, 2.05) is 0 Å². The van der Waals surface area contributed by atoms with E-state index >= 15 is 0 Å². The van der Waals surface area contributed by atoms with Crippen LogP contribution < -0.4 is 16.4 Å². The molecular weight excluding hydrogens is 240 g/mol. The van der Waals surface area contributed by atoms with Gasteiger partial charge in [-0.25, -0.2) is 4.98 Å². The minimum Gasteiger partial charge on any atom is -0.397 e. The Hall–Kier alpha value is -1.78. The van der Waals surface area contributed by atoms with Crippen molar-refractivity contribution in [1.82, 2.24) is 4.98 Å². The number of carbonyl (C=O) groups excluding carboxylic acids is 1. The number of anilines is 2. The van der Waals surface area contributed by atoms with Crippen LogP contribution in [0, 0.1) is 5.41 Å². The van der Waals surface area contributed by atoms with Crippen molar-refractivity contribution < 1.29 is 4.79 Å². The zero-order valence-corrected chi connectivity index (χ0v) is 11.6. The van der Waals surface area contributed by atoms with E-state index in [2.05, 4.69) is 23.7 Å². The third-order valence-corrected chi connectivity index (χ3v) is 4.28. The van der Waals surface area contributed by atoms with Crippen molar-refractivity contribution in [3.8, 4) is 0 Å². The summed E-state index contributed by atoms with van der Waals surface area (Å²) in [6.45, 7) is 6.35. The van der Waals surface area contributed by atoms with Crippen molar-refractivity contribution in [2.45, 2.75) is 33.1 Å². The van der Waals surface area contributed by atoms with Crippen LogP contribution in [0.2, 0.25) is 0 Å². The maximum absolute atomic E-state index is 11.5. The van der Waals surface area contributed by atoms with Crippen molar-refractivity contribution in [2.75, 3.05) is 23.7 Å². The van der Waals surface area contributed by atoms with Gasteiger partial charge in [0.25, 0.3) is 5.91 Å². The first kappa shape index (κ1) is 13.6. The van der Waals surface area contributed by atoms with Crippen molar-refractivity contribution in [3.63, 3.8) is 0 Å². The van der Waals surface area contributed by atoms with Crippen LogP contribution in [0.1, 0.15) is 43.5 Å². The second kappa shape index (κ2) is 5.07. The predicted octanol–water partition coefficient (Wildman–Crippen LogP) is 1.78. The molecule has 1 amide bonds. The number of nitrogens with zero attached hydrogens (tertiary/aromatic N) is 2. The highest BCUT2D eigenvalue weighted by Crippen LogP contribution is 2.35. The lowest BCUT2D eigenvalue weighted by molar-refractivity contribution is 0.100. The first-order chi connectivity index (χ1) is 8.95. The Bertz CT molecular complexity index is 478. The predicted molar refractivity (Wildman–Crippen MR) is 77.0 cm³/mol. The summed E-state index contributed by atoms with van der Waals surface area (Å²) in [6, 6.07) is 1.61. The molecule has 1 aromatic heterocycles. The summed E-state index contributed by atoms with van der Waals surface area (Å²) in [6.07, 6.45) is 4.97. The summed E-state index contributed by atoms with van der Waals surface area (Å²) in [4.78, 5) is 17.9. The van der Waals surface area contributed by atoms with E-state index in [0.717, 1.165) is 25.9 Å². The van der Waals surface area contributed by atoms with E-state index in [9.17, 15) is 4.79 Å². The van der Waals surface area contributed by atoms with Crippen LogP contribution in [-0.2, 0) is 0 Å². The molecule has 1 fully saturated rings. The Kier molecular flexibility index (Phi) is 3.64. The highest BCUT2D eigenvalue weighted by atomic mass is 16.1. The fraction of sp³-hybridized carbons (Fsp3) is 0.571. The largest absolute Gasteiger partial charge is 0.397 e. The van der Waals surface area contributed by atoms with Gasteiger partial charge in [-0.2, -0.15) is 0 Å². The van der Waals surface area contributed by atoms with Gasteiger partial charge in [0.05, 0.1) is 17.4 Å². The molecule has 0 radical (unpaired) electrons. The molecule has 5 heteroatoms. The number of pyridine rings is 1. The van der Waals surface area contributed by atoms with E-state index in [4.69, 9.17) is 11.5 Å². The van der Waals surface area contributed by atoms with Gasteiger partial charge in [-0.05, 0) is 24.3 Å². The zero-order chi connectivity index (χ0) is 14.0. The molecule has 2 rings (SSSR count). The second-order valence-electron chi connectivity index (χ2n) is 5.66. The quantitative estimate of drug-likeness (QED) is 0.869. The van der Waals surface area contributed by atoms with Crippen molar-refractivity contribution in [2.24, 2.45) is 11.1 Å². The van der Waals surface area contributed by atoms with E-state index in [-0.39, 0.29) is 0 Å². The molecule has 0 aromatic carbocycles. The lowest BCUT2D eigenvalue weighted by Crippen LogP contribution is -2.39. The topological polar surface area (TPSA) is 85.2 Å². The summed E-state index contributed by atoms with van der Waals surface area (Å²) in [5, 5.41) is 0. The number of rotatable bonds is 3. The summed E-state index contributed by atoms with van der Waals surface area (Å²) >= 11 is 0. The van der Waals surface area contributed by atoms with Crippen molar-refractivity contribution in [1.29, 1.82) is 0 Å². The molecule has 1 aliphatic heterocycles. The van der Waals surface area contributed by atoms with Crippen molar-refractivity contribution in [3.05, 3.63) is 17.8 Å². The molecule has 2 heterocycles. The standard InChI is InChI=1S/C14H22N4O/c1-3-14(2)4-6-18(7-5-14)13-11(12(16)19)8-10(15)9-17-13/h8-9H,3-7,15H2,1-2H3,(H2,16,19). The summed E-state index contributed by atoms with van der Waals surface area (Å²) in [7, 11) is 0. The van der Waals surface area contributed by atoms with Gasteiger partial charge in [0, 0.05) is 13.1 Å². The SMILES string of the molecule is CCC1(C)CCN(c2ncc(N)cc2C(N)=O)CC1. The lowest BCUT2D eigenvalue weighted by Gasteiger charge is -2.39. The van der Waals surface area contributed by atoms with E-state index in [1.54, 1.807) is 12.3 Å². The number of amides is 1. The van der Waals surface area contributed by atoms with Crippen LogP contribution in [0.15, 0.2) is 12.3 Å². The van der Waals surface area contributed by atoms with Gasteiger partial charge in [-0.1, -0.05) is 20.3 Å². The number of hydrogen-bond donors (Lipinski definition) is 2. The van der Waals surface area contributed by atoms with Crippen molar-refractivity contribution >= 4 is 17.4 Å². The van der Waals surface area contributed by atoms with Gasteiger partial charge in [-0.3, -0.25) is 4.79 Å². The minimum absolute atomic E-state index is 0.400. The van der Waals surface area contributed by atoms with Crippen LogP contribution in [0.5, 0.6) is 0 Å². The fourth-order valence-electron chi connectivity index (χ4n) is 2.52. The average Bonchev–Trinajstić information content (AvgIpc) is 2.40. The Balaban J connectivity index is 2.22. The first-order valence-electron chi connectivity index (χ1n) is 6.75. The van der Waals surface area contributed by atoms with Gasteiger partial charge in [-0.15, -0.1) is 0 Å². The molecule has 0 unspecified atom stereocenters. The highest BCUT2D eigenvalue weighted by molar-refractivity contribution is 5.98. The molecule has 1 aliphatic rings. The third kappa shape index (κ3) is 2.80. The van der Waals surface area contributed by atoms with Crippen LogP contribution in [-0.4, -0.2) is 24.0 Å². The van der Waals surface area contributed by atoms with E-state index in [0.29, 0.717) is 22.5 Å². The number of nitrogen functional groups attached to an aromatic ring is 1. The summed E-state index contributed by atoms with van der Waals surface area (Å²) in [5.41, 5.74) is 12.4. The molecule has 0 saturated carbocycles. The minimum atomic E-state index is -0.473. The maximum Gasteiger partial charge on any atom is 0.252 e. The summed E-state index contributed by atoms with van der Waals surface area (Å²) in [5.74, 6) is 0.193. The first-order valence-corrected chi connectivity index (χ1v) is 6.75. The number of nitrogens with two attached hydrogens (primary N) is 2. The third-order valence-electron chi connectivity index (χ3n) is 4.28. The number of aromatic nitrogens is 1. The molecule has 5 nitrogen and oxygen atoms in total. The number of hydrogen-bond acceptors (Lipinski definition) is 4. The molecular formula is C14H22N4O. The second-order valence-corrected chi connectivity index (χ2v) is 5.66. The highest BCUT2D eigenvalue weighted by Gasteiger charge is 2.30. The van der Waals surface area contributed by atoms with E-state index in [1.165, 1.54) is 6.42 Å². The monoisotopic (exact) mass is 262 g/mol. The van der Waals surface area contributed by atoms with Crippen LogP contribution >= 0.6 is 0 Å². The smallest absolute Gasteiger partial charge is 0.252 e. The van der Waals surface area contributed by atoms with Gasteiger partial charge in [0.15, 0.2) is 0 Å². The molecule has 4 N–H and O–H groups in total. The van der Waals surface area contributed by atoms with Gasteiger partial charge in [0.1, 0.15) is 5.82 Å². The lowest BCUT2D eigenvalue weighted by atomic mass is 9.78. The maximum atomic E-state index is 11.5. The van der Waals surface area contributed by atoms with Crippen LogP contribution in [0.25, 0.3) is 0 Å². The normalized spacial score (nSPS) is 18.3. The molecule has 19 heavy (non-hydrogen) atoms. The number of piperidine rings is 1. The van der Waals surface area contributed by atoms with Crippen LogP contribution in [0.3, 0.4) is 0 Å². The molecule has 104 valence electrons. The molecule has 0 aliphatic carbocycles. The fourth-order valence-corrected chi connectivity index (χ4v) is 2.52. The Morgan fingerprint density at radius 2 is 2.11 bits per heavy atom. The van der Waals surface area contributed by atoms with E-state index < -0.39 is 5.91 Å². The molecule has 1 saturated heterocycles. The van der Waals surface area contributed by atoms with Gasteiger partial charge >= 0.3 is 0 Å². The number of carbonyl (C=O) groups is 1. The van der Waals surface area contributed by atoms with Gasteiger partial charge < -0.3 is 16.4 Å².